The van der Waals surface area contributed by atoms with Crippen LogP contribution in [0.3, 0.4) is 0 Å². The lowest BCUT2D eigenvalue weighted by Gasteiger charge is -2.10. The molecule has 0 fully saturated rings. The van der Waals surface area contributed by atoms with Crippen LogP contribution in [0.4, 0.5) is 0 Å². The molecule has 2 aromatic carbocycles. The van der Waals surface area contributed by atoms with Crippen molar-refractivity contribution in [3.63, 3.8) is 0 Å². The summed E-state index contributed by atoms with van der Waals surface area (Å²) in [6.45, 7) is 2.37. The largest absolute Gasteiger partial charge is 0.351 e. The van der Waals surface area contributed by atoms with Crippen LogP contribution < -0.4 is 5.32 Å². The van der Waals surface area contributed by atoms with Gasteiger partial charge in [-0.25, -0.2) is 4.98 Å². The summed E-state index contributed by atoms with van der Waals surface area (Å²) in [6, 6.07) is 19.6. The van der Waals surface area contributed by atoms with E-state index in [2.05, 4.69) is 20.5 Å². The molecule has 5 nitrogen and oxygen atoms in total. The summed E-state index contributed by atoms with van der Waals surface area (Å²) < 4.78 is 0. The van der Waals surface area contributed by atoms with Crippen molar-refractivity contribution < 1.29 is 4.79 Å². The van der Waals surface area contributed by atoms with E-state index in [0.717, 1.165) is 11.1 Å². The van der Waals surface area contributed by atoms with Gasteiger partial charge in [-0.05, 0) is 12.5 Å². The lowest BCUT2D eigenvalue weighted by atomic mass is 10.2. The molecule has 0 aliphatic rings. The molecule has 0 bridgehead atoms. The van der Waals surface area contributed by atoms with E-state index in [1.807, 2.05) is 67.6 Å². The molecule has 0 radical (unpaired) electrons. The molecule has 1 aromatic heterocycles. The van der Waals surface area contributed by atoms with E-state index in [1.165, 1.54) is 11.8 Å². The Kier molecular flexibility index (Phi) is 5.28. The molecule has 6 heteroatoms. The van der Waals surface area contributed by atoms with Crippen molar-refractivity contribution in [1.29, 1.82) is 0 Å². The predicted molar refractivity (Wildman–Crippen MR) is 95.4 cm³/mol. The van der Waals surface area contributed by atoms with Crippen LogP contribution in [-0.4, -0.2) is 26.3 Å². The summed E-state index contributed by atoms with van der Waals surface area (Å²) in [5, 5.41) is 10.3. The minimum atomic E-state index is -0.270. The number of amides is 1. The van der Waals surface area contributed by atoms with Gasteiger partial charge in [0, 0.05) is 12.1 Å². The van der Waals surface area contributed by atoms with Crippen molar-refractivity contribution >= 4 is 17.7 Å². The molecule has 1 heterocycles. The molecule has 0 saturated carbocycles. The first kappa shape index (κ1) is 16.3. The van der Waals surface area contributed by atoms with Crippen LogP contribution in [0.2, 0.25) is 0 Å². The fourth-order valence-corrected chi connectivity index (χ4v) is 2.91. The van der Waals surface area contributed by atoms with E-state index in [0.29, 0.717) is 17.5 Å². The van der Waals surface area contributed by atoms with Crippen molar-refractivity contribution in [3.8, 4) is 11.4 Å². The van der Waals surface area contributed by atoms with Crippen LogP contribution in [-0.2, 0) is 11.3 Å². The van der Waals surface area contributed by atoms with Gasteiger partial charge < -0.3 is 5.32 Å². The highest BCUT2D eigenvalue weighted by Crippen LogP contribution is 2.22. The molecule has 24 heavy (non-hydrogen) atoms. The maximum atomic E-state index is 12.2. The number of thioether (sulfide) groups is 1. The molecule has 0 aliphatic heterocycles. The molecule has 3 rings (SSSR count). The first-order valence-electron chi connectivity index (χ1n) is 7.68. The number of carbonyl (C=O) groups is 1. The fourth-order valence-electron chi connectivity index (χ4n) is 2.16. The van der Waals surface area contributed by atoms with E-state index in [9.17, 15) is 4.79 Å². The molecule has 2 N–H and O–H groups in total. The van der Waals surface area contributed by atoms with Crippen molar-refractivity contribution in [2.45, 2.75) is 23.9 Å². The monoisotopic (exact) mass is 338 g/mol. The second kappa shape index (κ2) is 7.79. The van der Waals surface area contributed by atoms with Gasteiger partial charge in [0.25, 0.3) is 0 Å². The molecule has 0 aliphatic carbocycles. The first-order chi connectivity index (χ1) is 11.7. The highest BCUT2D eigenvalue weighted by atomic mass is 32.2. The van der Waals surface area contributed by atoms with Crippen LogP contribution >= 0.6 is 11.8 Å². The topological polar surface area (TPSA) is 70.7 Å². The van der Waals surface area contributed by atoms with Crippen LogP contribution in [0, 0.1) is 0 Å². The van der Waals surface area contributed by atoms with Gasteiger partial charge in [0.05, 0.1) is 5.25 Å². The van der Waals surface area contributed by atoms with Gasteiger partial charge >= 0.3 is 0 Å². The van der Waals surface area contributed by atoms with E-state index in [1.54, 1.807) is 0 Å². The molecule has 0 saturated heterocycles. The Labute approximate surface area is 144 Å². The number of nitrogens with zero attached hydrogens (tertiary/aromatic N) is 2. The maximum Gasteiger partial charge on any atom is 0.233 e. The van der Waals surface area contributed by atoms with Gasteiger partial charge in [-0.3, -0.25) is 9.89 Å². The zero-order valence-electron chi connectivity index (χ0n) is 13.3. The third-order valence-electron chi connectivity index (χ3n) is 3.47. The summed E-state index contributed by atoms with van der Waals surface area (Å²) in [5.74, 6) is 0.671. The minimum absolute atomic E-state index is 0.0325. The standard InChI is InChI=1S/C18H18N4OS/c1-13(17(23)19-12-14-8-4-2-5-9-14)24-18-20-16(21-22-18)15-10-6-3-7-11-15/h2-11,13H,12H2,1H3,(H,19,23)(H,20,21,22)/t13-/m1/s1. The van der Waals surface area contributed by atoms with Crippen molar-refractivity contribution in [1.82, 2.24) is 20.5 Å². The van der Waals surface area contributed by atoms with E-state index in [4.69, 9.17) is 0 Å². The number of benzene rings is 2. The Morgan fingerprint density at radius 2 is 1.79 bits per heavy atom. The smallest absolute Gasteiger partial charge is 0.233 e. The second-order valence-corrected chi connectivity index (χ2v) is 6.60. The van der Waals surface area contributed by atoms with Crippen LogP contribution in [0.15, 0.2) is 65.8 Å². The zero-order chi connectivity index (χ0) is 16.8. The molecular formula is C18H18N4OS. The summed E-state index contributed by atoms with van der Waals surface area (Å²) in [6.07, 6.45) is 0. The van der Waals surface area contributed by atoms with Crippen molar-refractivity contribution in [2.75, 3.05) is 0 Å². The Morgan fingerprint density at radius 1 is 1.12 bits per heavy atom. The Balaban J connectivity index is 1.55. The van der Waals surface area contributed by atoms with Crippen LogP contribution in [0.5, 0.6) is 0 Å². The van der Waals surface area contributed by atoms with E-state index < -0.39 is 0 Å². The number of H-pyrrole nitrogens is 1. The number of hydrogen-bond acceptors (Lipinski definition) is 4. The third kappa shape index (κ3) is 4.23. The number of carbonyl (C=O) groups excluding carboxylic acids is 1. The lowest BCUT2D eigenvalue weighted by molar-refractivity contribution is -0.120. The highest BCUT2D eigenvalue weighted by Gasteiger charge is 2.17. The molecular weight excluding hydrogens is 320 g/mol. The predicted octanol–water partition coefficient (Wildman–Crippen LogP) is 3.27. The van der Waals surface area contributed by atoms with Crippen LogP contribution in [0.1, 0.15) is 12.5 Å². The van der Waals surface area contributed by atoms with E-state index in [-0.39, 0.29) is 11.2 Å². The average molecular weight is 338 g/mol. The van der Waals surface area contributed by atoms with Crippen molar-refractivity contribution in [3.05, 3.63) is 66.2 Å². The minimum Gasteiger partial charge on any atom is -0.351 e. The van der Waals surface area contributed by atoms with Crippen LogP contribution in [0.25, 0.3) is 11.4 Å². The number of nitrogens with one attached hydrogen (secondary N) is 2. The molecule has 1 atom stereocenters. The van der Waals surface area contributed by atoms with E-state index >= 15 is 0 Å². The quantitative estimate of drug-likeness (QED) is 0.677. The van der Waals surface area contributed by atoms with Gasteiger partial charge in [0.15, 0.2) is 5.82 Å². The Morgan fingerprint density at radius 3 is 2.50 bits per heavy atom. The lowest BCUT2D eigenvalue weighted by Crippen LogP contribution is -2.30. The normalized spacial score (nSPS) is 11.9. The van der Waals surface area contributed by atoms with Gasteiger partial charge in [-0.15, -0.1) is 5.10 Å². The molecule has 0 spiro atoms. The van der Waals surface area contributed by atoms with Crippen molar-refractivity contribution in [2.24, 2.45) is 0 Å². The molecule has 1 amide bonds. The molecule has 3 aromatic rings. The Bertz CT molecular complexity index is 789. The van der Waals surface area contributed by atoms with Gasteiger partial charge in [-0.2, -0.15) is 0 Å². The Hall–Kier alpha value is -2.60. The average Bonchev–Trinajstić information content (AvgIpc) is 3.10. The first-order valence-corrected chi connectivity index (χ1v) is 8.56. The SMILES string of the molecule is C[C@@H](Sc1n[nH]c(-c2ccccc2)n1)C(=O)NCc1ccccc1. The zero-order valence-corrected chi connectivity index (χ0v) is 14.1. The summed E-state index contributed by atoms with van der Waals surface area (Å²) in [4.78, 5) is 16.6. The molecule has 122 valence electrons. The van der Waals surface area contributed by atoms with Gasteiger partial charge in [0.2, 0.25) is 11.1 Å². The summed E-state index contributed by atoms with van der Waals surface area (Å²) in [5.41, 5.74) is 2.05. The maximum absolute atomic E-state index is 12.2. The fraction of sp³-hybridized carbons (Fsp3) is 0.167. The second-order valence-electron chi connectivity index (χ2n) is 5.30. The van der Waals surface area contributed by atoms with Gasteiger partial charge in [-0.1, -0.05) is 72.4 Å². The number of aromatic amines is 1. The van der Waals surface area contributed by atoms with Gasteiger partial charge in [0.1, 0.15) is 0 Å². The number of aromatic nitrogens is 3. The molecule has 0 unspecified atom stereocenters. The highest BCUT2D eigenvalue weighted by molar-refractivity contribution is 8.00. The third-order valence-corrected chi connectivity index (χ3v) is 4.43. The summed E-state index contributed by atoms with van der Waals surface area (Å²) in [7, 11) is 0. The summed E-state index contributed by atoms with van der Waals surface area (Å²) >= 11 is 1.34. The number of rotatable bonds is 6. The number of hydrogen-bond donors (Lipinski definition) is 2.